The van der Waals surface area contributed by atoms with Gasteiger partial charge in [0.15, 0.2) is 11.6 Å². The van der Waals surface area contributed by atoms with Gasteiger partial charge in [0, 0.05) is 18.5 Å². The Bertz CT molecular complexity index is 753. The minimum absolute atomic E-state index is 0.0314. The third-order valence-electron chi connectivity index (χ3n) is 2.51. The molecule has 0 aliphatic carbocycles. The molecule has 2 rings (SSSR count). The first-order valence-electron chi connectivity index (χ1n) is 5.98. The molecule has 1 N–H and O–H groups in total. The summed E-state index contributed by atoms with van der Waals surface area (Å²) in [5, 5.41) is 0.0314. The first-order valence-corrected chi connectivity index (χ1v) is 7.85. The van der Waals surface area contributed by atoms with E-state index < -0.39 is 15.8 Å². The topological polar surface area (TPSA) is 68.3 Å². The largest absolute Gasteiger partial charge is 0.491 e. The molecule has 2 aromatic rings. The molecule has 1 aromatic heterocycles. The fourth-order valence-corrected chi connectivity index (χ4v) is 3.09. The maximum atomic E-state index is 13.7. The zero-order valence-corrected chi connectivity index (χ0v) is 12.6. The van der Waals surface area contributed by atoms with E-state index in [0.29, 0.717) is 6.61 Å². The number of nitrogens with zero attached hydrogens (tertiary/aromatic N) is 1. The zero-order valence-electron chi connectivity index (χ0n) is 11.0. The molecule has 1 aromatic carbocycles. The molecule has 21 heavy (non-hydrogen) atoms. The summed E-state index contributed by atoms with van der Waals surface area (Å²) in [5.41, 5.74) is 0.0656. The van der Waals surface area contributed by atoms with Crippen LogP contribution in [0.3, 0.4) is 0 Å². The summed E-state index contributed by atoms with van der Waals surface area (Å²) in [6.07, 6.45) is 2.49. The van der Waals surface area contributed by atoms with Gasteiger partial charge in [0.1, 0.15) is 4.90 Å². The quantitative estimate of drug-likeness (QED) is 0.914. The number of pyridine rings is 1. The standard InChI is InChI=1S/C13H12ClFN2O3S/c1-2-20-12-4-3-9(7-11(12)15)17-21(18,19)13-8-16-6-5-10(13)14/h3-8,17H,2H2,1H3. The van der Waals surface area contributed by atoms with Crippen molar-refractivity contribution in [1.29, 1.82) is 0 Å². The molecule has 5 nitrogen and oxygen atoms in total. The van der Waals surface area contributed by atoms with Crippen LogP contribution in [0.1, 0.15) is 6.92 Å². The molecular formula is C13H12ClFN2O3S. The average Bonchev–Trinajstić information content (AvgIpc) is 2.42. The highest BCUT2D eigenvalue weighted by atomic mass is 35.5. The Kier molecular flexibility index (Phi) is 4.64. The fourth-order valence-electron chi connectivity index (χ4n) is 1.61. The van der Waals surface area contributed by atoms with Crippen molar-refractivity contribution in [2.24, 2.45) is 0 Å². The second-order valence-corrected chi connectivity index (χ2v) is 6.05. The highest BCUT2D eigenvalue weighted by molar-refractivity contribution is 7.92. The number of anilines is 1. The average molecular weight is 331 g/mol. The molecule has 0 radical (unpaired) electrons. The molecule has 0 amide bonds. The summed E-state index contributed by atoms with van der Waals surface area (Å²) in [6, 6.07) is 5.14. The highest BCUT2D eigenvalue weighted by Gasteiger charge is 2.18. The van der Waals surface area contributed by atoms with Crippen LogP contribution in [0.15, 0.2) is 41.6 Å². The molecular weight excluding hydrogens is 319 g/mol. The number of sulfonamides is 1. The van der Waals surface area contributed by atoms with Gasteiger partial charge in [-0.15, -0.1) is 0 Å². The molecule has 0 fully saturated rings. The molecule has 112 valence electrons. The molecule has 0 bridgehead atoms. The Morgan fingerprint density at radius 3 is 2.76 bits per heavy atom. The number of halogens is 2. The van der Waals surface area contributed by atoms with Crippen LogP contribution in [0.5, 0.6) is 5.75 Å². The van der Waals surface area contributed by atoms with Crippen LogP contribution in [-0.4, -0.2) is 20.0 Å². The van der Waals surface area contributed by atoms with Crippen LogP contribution in [0.4, 0.5) is 10.1 Å². The van der Waals surface area contributed by atoms with Crippen LogP contribution < -0.4 is 9.46 Å². The summed E-state index contributed by atoms with van der Waals surface area (Å²) in [4.78, 5) is 3.53. The van der Waals surface area contributed by atoms with Crippen LogP contribution in [0.25, 0.3) is 0 Å². The van der Waals surface area contributed by atoms with E-state index in [1.54, 1.807) is 6.92 Å². The van der Waals surface area contributed by atoms with Crippen molar-refractivity contribution in [2.45, 2.75) is 11.8 Å². The predicted molar refractivity (Wildman–Crippen MR) is 77.6 cm³/mol. The monoisotopic (exact) mass is 330 g/mol. The smallest absolute Gasteiger partial charge is 0.264 e. The van der Waals surface area contributed by atoms with E-state index in [4.69, 9.17) is 16.3 Å². The zero-order chi connectivity index (χ0) is 15.5. The van der Waals surface area contributed by atoms with Crippen molar-refractivity contribution < 1.29 is 17.5 Å². The van der Waals surface area contributed by atoms with Crippen molar-refractivity contribution in [3.05, 3.63) is 47.5 Å². The molecule has 1 heterocycles. The maximum Gasteiger partial charge on any atom is 0.264 e. The Morgan fingerprint density at radius 2 is 2.14 bits per heavy atom. The van der Waals surface area contributed by atoms with Crippen molar-refractivity contribution in [1.82, 2.24) is 4.98 Å². The minimum atomic E-state index is -3.94. The number of benzene rings is 1. The second-order valence-electron chi connectivity index (χ2n) is 3.99. The maximum absolute atomic E-state index is 13.7. The molecule has 0 spiro atoms. The van der Waals surface area contributed by atoms with Crippen LogP contribution in [0, 0.1) is 5.82 Å². The first-order chi connectivity index (χ1) is 9.94. The van der Waals surface area contributed by atoms with Gasteiger partial charge in [0.25, 0.3) is 10.0 Å². The minimum Gasteiger partial charge on any atom is -0.491 e. The van der Waals surface area contributed by atoms with E-state index in [1.807, 2.05) is 0 Å². The Balaban J connectivity index is 2.29. The summed E-state index contributed by atoms with van der Waals surface area (Å²) >= 11 is 5.82. The summed E-state index contributed by atoms with van der Waals surface area (Å²) in [7, 11) is -3.94. The third kappa shape index (κ3) is 3.62. The van der Waals surface area contributed by atoms with Gasteiger partial charge in [-0.25, -0.2) is 12.8 Å². The summed E-state index contributed by atoms with van der Waals surface area (Å²) < 4.78 is 45.3. The lowest BCUT2D eigenvalue weighted by Crippen LogP contribution is -2.14. The lowest BCUT2D eigenvalue weighted by molar-refractivity contribution is 0.321. The second kappa shape index (κ2) is 6.28. The van der Waals surface area contributed by atoms with Gasteiger partial charge < -0.3 is 4.74 Å². The van der Waals surface area contributed by atoms with Crippen molar-refractivity contribution in [2.75, 3.05) is 11.3 Å². The van der Waals surface area contributed by atoms with Crippen molar-refractivity contribution in [3.63, 3.8) is 0 Å². The highest BCUT2D eigenvalue weighted by Crippen LogP contribution is 2.25. The van der Waals surface area contributed by atoms with Crippen LogP contribution in [0.2, 0.25) is 5.02 Å². The normalized spacial score (nSPS) is 11.2. The number of ether oxygens (including phenoxy) is 1. The number of hydrogen-bond donors (Lipinski definition) is 1. The molecule has 0 saturated heterocycles. The number of hydrogen-bond acceptors (Lipinski definition) is 4. The lowest BCUT2D eigenvalue weighted by atomic mass is 10.3. The van der Waals surface area contributed by atoms with E-state index >= 15 is 0 Å². The van der Waals surface area contributed by atoms with Gasteiger partial charge in [0.05, 0.1) is 17.3 Å². The molecule has 0 saturated carbocycles. The predicted octanol–water partition coefficient (Wildman–Crippen LogP) is 3.07. The molecule has 0 atom stereocenters. The van der Waals surface area contributed by atoms with Crippen LogP contribution >= 0.6 is 11.6 Å². The van der Waals surface area contributed by atoms with Gasteiger partial charge in [0.2, 0.25) is 0 Å². The molecule has 8 heteroatoms. The van der Waals surface area contributed by atoms with Gasteiger partial charge in [-0.1, -0.05) is 11.6 Å². The Morgan fingerprint density at radius 1 is 1.38 bits per heavy atom. The fraction of sp³-hybridized carbons (Fsp3) is 0.154. The van der Waals surface area contributed by atoms with Crippen molar-refractivity contribution in [3.8, 4) is 5.75 Å². The van der Waals surface area contributed by atoms with Gasteiger partial charge in [-0.3, -0.25) is 9.71 Å². The number of nitrogens with one attached hydrogen (secondary N) is 1. The molecule has 0 aliphatic rings. The van der Waals surface area contributed by atoms with E-state index in [9.17, 15) is 12.8 Å². The molecule has 0 aliphatic heterocycles. The van der Waals surface area contributed by atoms with E-state index in [2.05, 4.69) is 9.71 Å². The molecule has 0 unspecified atom stereocenters. The van der Waals surface area contributed by atoms with Crippen LogP contribution in [-0.2, 0) is 10.0 Å². The van der Waals surface area contributed by atoms with E-state index in [1.165, 1.54) is 24.4 Å². The van der Waals surface area contributed by atoms with E-state index in [0.717, 1.165) is 12.3 Å². The third-order valence-corrected chi connectivity index (χ3v) is 4.36. The summed E-state index contributed by atoms with van der Waals surface area (Å²) in [6.45, 7) is 2.04. The SMILES string of the molecule is CCOc1ccc(NS(=O)(=O)c2cnccc2Cl)cc1F. The first kappa shape index (κ1) is 15.5. The van der Waals surface area contributed by atoms with E-state index in [-0.39, 0.29) is 21.4 Å². The Hall–Kier alpha value is -1.86. The van der Waals surface area contributed by atoms with Gasteiger partial charge in [-0.05, 0) is 25.1 Å². The number of rotatable bonds is 5. The number of aromatic nitrogens is 1. The Labute approximate surface area is 126 Å². The summed E-state index contributed by atoms with van der Waals surface area (Å²) in [5.74, 6) is -0.603. The van der Waals surface area contributed by atoms with Gasteiger partial charge in [-0.2, -0.15) is 0 Å². The van der Waals surface area contributed by atoms with Crippen molar-refractivity contribution >= 4 is 27.3 Å². The lowest BCUT2D eigenvalue weighted by Gasteiger charge is -2.10. The van der Waals surface area contributed by atoms with Gasteiger partial charge >= 0.3 is 0 Å².